The highest BCUT2D eigenvalue weighted by atomic mass is 31.0. The monoisotopic (exact) mass is 366 g/mol. The Hall–Kier alpha value is -2.11. The fourth-order valence-electron chi connectivity index (χ4n) is 2.53. The van der Waals surface area contributed by atoms with Crippen LogP contribution in [0.1, 0.15) is 37.7 Å². The first-order valence-electron chi connectivity index (χ1n) is 9.11. The third kappa shape index (κ3) is 9.39. The highest BCUT2D eigenvalue weighted by Gasteiger charge is 2.05. The molecule has 0 amide bonds. The lowest BCUT2D eigenvalue weighted by Gasteiger charge is -2.15. The smallest absolute Gasteiger partial charge is 0.0920 e. The molecular formula is C24H31OP. The lowest BCUT2D eigenvalue weighted by Crippen LogP contribution is -2.00. The number of hydrogen-bond acceptors (Lipinski definition) is 1. The summed E-state index contributed by atoms with van der Waals surface area (Å²) >= 11 is 0. The van der Waals surface area contributed by atoms with Gasteiger partial charge in [0.25, 0.3) is 0 Å². The Balaban J connectivity index is 0.000000313. The molecule has 0 radical (unpaired) electrons. The summed E-state index contributed by atoms with van der Waals surface area (Å²) in [4.78, 5) is 0. The van der Waals surface area contributed by atoms with Crippen molar-refractivity contribution in [1.29, 1.82) is 0 Å². The van der Waals surface area contributed by atoms with E-state index in [9.17, 15) is 0 Å². The standard InChI is InChI=1S/C16H20O.C6H7P.C2H4/c1-14(15-9-3-2-4-10-15)8-7-12-16-11-5-6-13-17-16;7-6-4-2-1-3-5-6;1-2/h2-4,9-11H,1,5-8,12-13H2;1-5H,7H2;1-2H2. The third-order valence-electron chi connectivity index (χ3n) is 3.89. The summed E-state index contributed by atoms with van der Waals surface area (Å²) in [5, 5.41) is 1.24. The average Bonchev–Trinajstić information content (AvgIpc) is 2.72. The van der Waals surface area contributed by atoms with Crippen LogP contribution in [0.5, 0.6) is 0 Å². The maximum atomic E-state index is 5.60. The summed E-state index contributed by atoms with van der Waals surface area (Å²) in [6.45, 7) is 11.0. The van der Waals surface area contributed by atoms with E-state index in [1.165, 1.54) is 35.0 Å². The third-order valence-corrected chi connectivity index (χ3v) is 4.28. The van der Waals surface area contributed by atoms with Gasteiger partial charge in [0, 0.05) is 6.42 Å². The van der Waals surface area contributed by atoms with Gasteiger partial charge in [-0.25, -0.2) is 0 Å². The Kier molecular flexibility index (Phi) is 11.9. The second-order valence-corrected chi connectivity index (χ2v) is 6.56. The first kappa shape index (κ1) is 21.9. The second kappa shape index (κ2) is 14.1. The van der Waals surface area contributed by atoms with Gasteiger partial charge in [0.05, 0.1) is 12.4 Å². The van der Waals surface area contributed by atoms with Crippen LogP contribution in [-0.2, 0) is 4.74 Å². The normalized spacial score (nSPS) is 12.3. The van der Waals surface area contributed by atoms with Crippen LogP contribution in [0, 0.1) is 0 Å². The van der Waals surface area contributed by atoms with Crippen molar-refractivity contribution in [3.8, 4) is 0 Å². The maximum absolute atomic E-state index is 5.60. The predicted molar refractivity (Wildman–Crippen MR) is 120 cm³/mol. The summed E-state index contributed by atoms with van der Waals surface area (Å²) < 4.78 is 5.60. The van der Waals surface area contributed by atoms with Gasteiger partial charge in [-0.1, -0.05) is 67.2 Å². The van der Waals surface area contributed by atoms with Crippen LogP contribution in [0.2, 0.25) is 0 Å². The fraction of sp³-hybridized carbons (Fsp3) is 0.250. The van der Waals surface area contributed by atoms with E-state index in [0.717, 1.165) is 25.9 Å². The van der Waals surface area contributed by atoms with Crippen molar-refractivity contribution in [2.24, 2.45) is 0 Å². The zero-order valence-electron chi connectivity index (χ0n) is 15.7. The van der Waals surface area contributed by atoms with Crippen LogP contribution in [0.25, 0.3) is 5.57 Å². The molecule has 0 bridgehead atoms. The predicted octanol–water partition coefficient (Wildman–Crippen LogP) is 6.55. The van der Waals surface area contributed by atoms with Crippen molar-refractivity contribution in [2.75, 3.05) is 6.61 Å². The molecule has 2 aromatic rings. The summed E-state index contributed by atoms with van der Waals surface area (Å²) in [6, 6.07) is 20.5. The first-order chi connectivity index (χ1) is 12.8. The van der Waals surface area contributed by atoms with Gasteiger partial charge in [0.2, 0.25) is 0 Å². The SMILES string of the molecule is C=C.C=C(CCCC1=CCCCO1)c1ccccc1.Pc1ccccc1. The fourth-order valence-corrected chi connectivity index (χ4v) is 2.75. The number of hydrogen-bond donors (Lipinski definition) is 0. The minimum atomic E-state index is 0.894. The summed E-state index contributed by atoms with van der Waals surface area (Å²) in [5.74, 6) is 1.18. The van der Waals surface area contributed by atoms with Gasteiger partial charge in [-0.05, 0) is 48.2 Å². The molecule has 0 N–H and O–H groups in total. The molecule has 1 heterocycles. The van der Waals surface area contributed by atoms with Gasteiger partial charge in [-0.3, -0.25) is 0 Å². The van der Waals surface area contributed by atoms with Crippen molar-refractivity contribution in [1.82, 2.24) is 0 Å². The molecule has 1 atom stereocenters. The van der Waals surface area contributed by atoms with Gasteiger partial charge in [-0.15, -0.1) is 22.4 Å². The van der Waals surface area contributed by atoms with Gasteiger partial charge >= 0.3 is 0 Å². The summed E-state index contributed by atoms with van der Waals surface area (Å²) in [6.07, 6.45) is 7.79. The molecule has 0 saturated carbocycles. The van der Waals surface area contributed by atoms with Crippen LogP contribution in [0.3, 0.4) is 0 Å². The van der Waals surface area contributed by atoms with Crippen LogP contribution in [0.15, 0.2) is 92.2 Å². The summed E-state index contributed by atoms with van der Waals surface area (Å²) in [5.41, 5.74) is 2.48. The van der Waals surface area contributed by atoms with E-state index in [1.54, 1.807) is 0 Å². The van der Waals surface area contributed by atoms with Crippen molar-refractivity contribution < 1.29 is 4.74 Å². The minimum Gasteiger partial charge on any atom is -0.498 e. The van der Waals surface area contributed by atoms with Crippen LogP contribution < -0.4 is 5.30 Å². The molecule has 2 heteroatoms. The molecule has 1 nitrogen and oxygen atoms in total. The zero-order valence-corrected chi connectivity index (χ0v) is 16.9. The molecule has 1 aliphatic heterocycles. The van der Waals surface area contributed by atoms with E-state index in [2.05, 4.69) is 59.3 Å². The van der Waals surface area contributed by atoms with Gasteiger partial charge in [0.15, 0.2) is 0 Å². The Morgan fingerprint density at radius 3 is 2.08 bits per heavy atom. The average molecular weight is 366 g/mol. The molecular weight excluding hydrogens is 335 g/mol. The highest BCUT2D eigenvalue weighted by Crippen LogP contribution is 2.21. The lowest BCUT2D eigenvalue weighted by atomic mass is 10.0. The zero-order chi connectivity index (χ0) is 19.0. The second-order valence-electron chi connectivity index (χ2n) is 5.89. The molecule has 0 saturated heterocycles. The van der Waals surface area contributed by atoms with Gasteiger partial charge in [-0.2, -0.15) is 0 Å². The minimum absolute atomic E-state index is 0.894. The van der Waals surface area contributed by atoms with Crippen LogP contribution in [-0.4, -0.2) is 6.61 Å². The molecule has 2 aromatic carbocycles. The van der Waals surface area contributed by atoms with E-state index in [1.807, 2.05) is 36.4 Å². The molecule has 138 valence electrons. The van der Waals surface area contributed by atoms with Crippen molar-refractivity contribution in [3.63, 3.8) is 0 Å². The molecule has 1 unspecified atom stereocenters. The topological polar surface area (TPSA) is 9.23 Å². The Labute approximate surface area is 161 Å². The van der Waals surface area contributed by atoms with Crippen LogP contribution >= 0.6 is 9.24 Å². The number of benzene rings is 2. The molecule has 0 spiro atoms. The molecule has 0 fully saturated rings. The Morgan fingerprint density at radius 1 is 0.962 bits per heavy atom. The molecule has 3 rings (SSSR count). The van der Waals surface area contributed by atoms with E-state index in [4.69, 9.17) is 4.74 Å². The quantitative estimate of drug-likeness (QED) is 0.430. The van der Waals surface area contributed by atoms with Gasteiger partial charge in [0.1, 0.15) is 0 Å². The number of ether oxygens (including phenoxy) is 1. The summed E-state index contributed by atoms with van der Waals surface area (Å²) in [7, 11) is 2.63. The van der Waals surface area contributed by atoms with Crippen molar-refractivity contribution in [2.45, 2.75) is 32.1 Å². The van der Waals surface area contributed by atoms with E-state index >= 15 is 0 Å². The Bertz CT molecular complexity index is 646. The van der Waals surface area contributed by atoms with Crippen molar-refractivity contribution >= 4 is 20.1 Å². The molecule has 26 heavy (non-hydrogen) atoms. The molecule has 0 aromatic heterocycles. The molecule has 0 aliphatic carbocycles. The van der Waals surface area contributed by atoms with Crippen LogP contribution in [0.4, 0.5) is 0 Å². The van der Waals surface area contributed by atoms with E-state index < -0.39 is 0 Å². The van der Waals surface area contributed by atoms with E-state index in [0.29, 0.717) is 0 Å². The highest BCUT2D eigenvalue weighted by molar-refractivity contribution is 7.27. The Morgan fingerprint density at radius 2 is 1.58 bits per heavy atom. The number of allylic oxidation sites excluding steroid dienone is 3. The molecule has 1 aliphatic rings. The van der Waals surface area contributed by atoms with E-state index in [-0.39, 0.29) is 0 Å². The van der Waals surface area contributed by atoms with Gasteiger partial charge < -0.3 is 4.74 Å². The lowest BCUT2D eigenvalue weighted by molar-refractivity contribution is 0.183. The maximum Gasteiger partial charge on any atom is 0.0920 e. The largest absolute Gasteiger partial charge is 0.498 e. The van der Waals surface area contributed by atoms with Crippen molar-refractivity contribution in [3.05, 3.63) is 97.8 Å². The first-order valence-corrected chi connectivity index (χ1v) is 9.69. The number of rotatable bonds is 5.